The average molecular weight is 424 g/mol. The first-order chi connectivity index (χ1) is 15.2. The molecule has 6 nitrogen and oxygen atoms in total. The number of rotatable bonds is 8. The van der Waals surface area contributed by atoms with Crippen molar-refractivity contribution in [3.63, 3.8) is 0 Å². The van der Waals surface area contributed by atoms with Gasteiger partial charge in [-0.25, -0.2) is 4.79 Å². The van der Waals surface area contributed by atoms with E-state index in [0.29, 0.717) is 11.5 Å². The van der Waals surface area contributed by atoms with E-state index >= 15 is 0 Å². The smallest absolute Gasteiger partial charge is 0.343 e. The molecule has 1 aliphatic carbocycles. The Labute approximate surface area is 184 Å². The van der Waals surface area contributed by atoms with Gasteiger partial charge in [0.2, 0.25) is 0 Å². The molecule has 1 aliphatic heterocycles. The fourth-order valence-corrected chi connectivity index (χ4v) is 5.17. The average Bonchev–Trinajstić information content (AvgIpc) is 3.38. The number of hydrogen-bond acceptors (Lipinski definition) is 6. The number of nitrogens with one attached hydrogen (secondary N) is 1. The second-order valence-electron chi connectivity index (χ2n) is 8.99. The number of esters is 1. The number of piperidine rings is 1. The Balaban J connectivity index is 1.51. The molecule has 1 aromatic heterocycles. The lowest BCUT2D eigenvalue weighted by Crippen LogP contribution is -2.44. The number of aliphatic hydroxyl groups is 1. The van der Waals surface area contributed by atoms with Crippen LogP contribution in [0.2, 0.25) is 0 Å². The van der Waals surface area contributed by atoms with Gasteiger partial charge in [0.05, 0.1) is 12.3 Å². The zero-order valence-corrected chi connectivity index (χ0v) is 18.1. The van der Waals surface area contributed by atoms with Crippen LogP contribution in [0.5, 0.6) is 0 Å². The summed E-state index contributed by atoms with van der Waals surface area (Å²) in [6.45, 7) is 2.24. The monoisotopic (exact) mass is 423 g/mol. The molecule has 2 aliphatic rings. The molecule has 2 N–H and O–H groups in total. The number of aromatic nitrogens is 2. The third-order valence-corrected chi connectivity index (χ3v) is 6.90. The molecule has 1 saturated carbocycles. The van der Waals surface area contributed by atoms with Crippen molar-refractivity contribution in [2.45, 2.75) is 56.5 Å². The minimum Gasteiger partial charge on any atom is -0.463 e. The highest BCUT2D eigenvalue weighted by Gasteiger charge is 2.48. The zero-order chi connectivity index (χ0) is 21.5. The fourth-order valence-electron chi connectivity index (χ4n) is 5.17. The van der Waals surface area contributed by atoms with Crippen LogP contribution in [-0.2, 0) is 15.1 Å². The van der Waals surface area contributed by atoms with E-state index in [1.807, 2.05) is 30.3 Å². The summed E-state index contributed by atoms with van der Waals surface area (Å²) in [5, 5.41) is 15.1. The first-order valence-electron chi connectivity index (χ1n) is 11.6. The topological polar surface area (TPSA) is 84.3 Å². The molecule has 1 aromatic carbocycles. The second-order valence-corrected chi connectivity index (χ2v) is 8.99. The van der Waals surface area contributed by atoms with Gasteiger partial charge in [0, 0.05) is 30.4 Å². The Morgan fingerprint density at radius 2 is 1.97 bits per heavy atom. The number of benzene rings is 1. The maximum absolute atomic E-state index is 13.4. The lowest BCUT2D eigenvalue weighted by Gasteiger charge is -2.33. The van der Waals surface area contributed by atoms with E-state index in [2.05, 4.69) is 15.3 Å². The molecule has 0 amide bonds. The van der Waals surface area contributed by atoms with E-state index in [0.717, 1.165) is 63.7 Å². The van der Waals surface area contributed by atoms with Crippen LogP contribution in [0.25, 0.3) is 0 Å². The molecule has 166 valence electrons. The fraction of sp³-hybridized carbons (Fsp3) is 0.560. The van der Waals surface area contributed by atoms with Gasteiger partial charge in [-0.1, -0.05) is 43.2 Å². The summed E-state index contributed by atoms with van der Waals surface area (Å²) in [5.74, 6) is -0.172. The van der Waals surface area contributed by atoms with Crippen molar-refractivity contribution < 1.29 is 14.6 Å². The quantitative estimate of drug-likeness (QED) is 0.632. The molecular formula is C25H33N3O3. The molecule has 0 bridgehead atoms. The van der Waals surface area contributed by atoms with E-state index < -0.39 is 11.6 Å². The molecule has 6 heteroatoms. The highest BCUT2D eigenvalue weighted by Crippen LogP contribution is 2.41. The van der Waals surface area contributed by atoms with E-state index in [1.54, 1.807) is 18.6 Å². The van der Waals surface area contributed by atoms with Crippen LogP contribution in [0.4, 0.5) is 0 Å². The van der Waals surface area contributed by atoms with Crippen molar-refractivity contribution in [1.82, 2.24) is 15.3 Å². The molecule has 31 heavy (non-hydrogen) atoms. The molecule has 2 unspecified atom stereocenters. The minimum atomic E-state index is -1.60. The zero-order valence-electron chi connectivity index (χ0n) is 18.1. The van der Waals surface area contributed by atoms with E-state index in [9.17, 15) is 9.90 Å². The Morgan fingerprint density at radius 3 is 2.65 bits per heavy atom. The molecular weight excluding hydrogens is 390 g/mol. The summed E-state index contributed by atoms with van der Waals surface area (Å²) in [6, 6.07) is 9.27. The maximum Gasteiger partial charge on any atom is 0.343 e. The minimum absolute atomic E-state index is 0.0360. The molecule has 4 rings (SSSR count). The molecule has 3 atom stereocenters. The van der Waals surface area contributed by atoms with Gasteiger partial charge >= 0.3 is 5.97 Å². The summed E-state index contributed by atoms with van der Waals surface area (Å²) >= 11 is 0. The Morgan fingerprint density at radius 1 is 1.16 bits per heavy atom. The predicted octanol–water partition coefficient (Wildman–Crippen LogP) is 3.57. The highest BCUT2D eigenvalue weighted by atomic mass is 16.5. The Bertz CT molecular complexity index is 820. The Hall–Kier alpha value is -2.31. The Kier molecular flexibility index (Phi) is 7.30. The number of hydrogen-bond donors (Lipinski definition) is 2. The normalized spacial score (nSPS) is 22.5. The van der Waals surface area contributed by atoms with Crippen LogP contribution in [0, 0.1) is 11.8 Å². The van der Waals surface area contributed by atoms with Crippen LogP contribution >= 0.6 is 0 Å². The summed E-state index contributed by atoms with van der Waals surface area (Å²) in [5.41, 5.74) is -0.138. The maximum atomic E-state index is 13.4. The van der Waals surface area contributed by atoms with Gasteiger partial charge in [0.25, 0.3) is 0 Å². The first-order valence-corrected chi connectivity index (χ1v) is 11.6. The number of nitrogens with zero attached hydrogens (tertiary/aromatic N) is 2. The molecule has 0 radical (unpaired) electrons. The van der Waals surface area contributed by atoms with Gasteiger partial charge in [0.15, 0.2) is 5.60 Å². The first kappa shape index (κ1) is 21.9. The van der Waals surface area contributed by atoms with Crippen molar-refractivity contribution >= 4 is 5.97 Å². The molecule has 0 spiro atoms. The largest absolute Gasteiger partial charge is 0.463 e. The van der Waals surface area contributed by atoms with Crippen LogP contribution in [-0.4, -0.2) is 40.7 Å². The predicted molar refractivity (Wildman–Crippen MR) is 118 cm³/mol. The lowest BCUT2D eigenvalue weighted by atomic mass is 9.80. The van der Waals surface area contributed by atoms with Crippen LogP contribution in [0.15, 0.2) is 48.9 Å². The van der Waals surface area contributed by atoms with Gasteiger partial charge in [0.1, 0.15) is 0 Å². The summed E-state index contributed by atoms with van der Waals surface area (Å²) < 4.78 is 5.85. The third-order valence-electron chi connectivity index (χ3n) is 6.90. The number of carbonyl (C=O) groups is 1. The summed E-state index contributed by atoms with van der Waals surface area (Å²) in [7, 11) is 0. The van der Waals surface area contributed by atoms with Gasteiger partial charge in [-0.3, -0.25) is 9.97 Å². The SMILES string of the molecule is O=C(OCC(C[C@H]1CCCNC1)c1cnccn1)C(O)(c1ccccc1)C1CCCC1. The number of carbonyl (C=O) groups excluding carboxylic acids is 1. The van der Waals surface area contributed by atoms with Crippen LogP contribution in [0.1, 0.15) is 62.1 Å². The van der Waals surface area contributed by atoms with E-state index in [-0.39, 0.29) is 18.4 Å². The summed E-state index contributed by atoms with van der Waals surface area (Å²) in [4.78, 5) is 22.1. The van der Waals surface area contributed by atoms with Crippen molar-refractivity contribution in [2.75, 3.05) is 19.7 Å². The van der Waals surface area contributed by atoms with Crippen molar-refractivity contribution in [3.05, 3.63) is 60.2 Å². The molecule has 2 fully saturated rings. The second kappa shape index (κ2) is 10.3. The third kappa shape index (κ3) is 5.13. The van der Waals surface area contributed by atoms with Crippen molar-refractivity contribution in [1.29, 1.82) is 0 Å². The van der Waals surface area contributed by atoms with E-state index in [4.69, 9.17) is 4.74 Å². The molecule has 1 saturated heterocycles. The van der Waals surface area contributed by atoms with Gasteiger partial charge < -0.3 is 15.2 Å². The van der Waals surface area contributed by atoms with Gasteiger partial charge in [-0.05, 0) is 56.7 Å². The number of ether oxygens (including phenoxy) is 1. The standard InChI is InChI=1S/C25H33N3O3/c29-24(25(30,22-10-4-5-11-22)21-8-2-1-3-9-21)31-18-20(23-17-27-13-14-28-23)15-19-7-6-12-26-16-19/h1-3,8-9,13-14,17,19-20,22,26,30H,4-7,10-12,15-16,18H2/t19-,20?,25?/m1/s1. The van der Waals surface area contributed by atoms with Crippen molar-refractivity contribution in [3.8, 4) is 0 Å². The van der Waals surface area contributed by atoms with E-state index in [1.165, 1.54) is 0 Å². The molecule has 2 heterocycles. The van der Waals surface area contributed by atoms with Crippen LogP contribution in [0.3, 0.4) is 0 Å². The van der Waals surface area contributed by atoms with Crippen LogP contribution < -0.4 is 5.32 Å². The van der Waals surface area contributed by atoms with Crippen molar-refractivity contribution in [2.24, 2.45) is 11.8 Å². The van der Waals surface area contributed by atoms with Gasteiger partial charge in [-0.15, -0.1) is 0 Å². The highest BCUT2D eigenvalue weighted by molar-refractivity contribution is 5.81. The summed E-state index contributed by atoms with van der Waals surface area (Å²) in [6.07, 6.45) is 12.0. The molecule has 2 aromatic rings. The lowest BCUT2D eigenvalue weighted by molar-refractivity contribution is -0.174. The van der Waals surface area contributed by atoms with Gasteiger partial charge in [-0.2, -0.15) is 0 Å².